The highest BCUT2D eigenvalue weighted by atomic mass is 19.3. The number of alkyl carbamates (subject to hydrolysis) is 1. The van der Waals surface area contributed by atoms with Crippen LogP contribution in [0.1, 0.15) is 17.2 Å². The van der Waals surface area contributed by atoms with E-state index in [2.05, 4.69) is 10.1 Å². The Labute approximate surface area is 143 Å². The molecule has 132 valence electrons. The van der Waals surface area contributed by atoms with Crippen LogP contribution in [-0.2, 0) is 11.3 Å². The maximum atomic E-state index is 14.1. The molecule has 1 atom stereocenters. The number of alkyl halides is 2. The maximum absolute atomic E-state index is 14.1. The van der Waals surface area contributed by atoms with Crippen molar-refractivity contribution >= 4 is 6.09 Å². The molecule has 0 radical (unpaired) electrons. The molecule has 1 fully saturated rings. The molecule has 1 heterocycles. The monoisotopic (exact) mass is 349 g/mol. The summed E-state index contributed by atoms with van der Waals surface area (Å²) in [5, 5.41) is 2.15. The van der Waals surface area contributed by atoms with Crippen LogP contribution in [0.15, 0.2) is 48.5 Å². The van der Waals surface area contributed by atoms with Gasteiger partial charge < -0.3 is 19.5 Å². The Kier molecular flexibility index (Phi) is 4.74. The predicted octanol–water partition coefficient (Wildman–Crippen LogP) is 3.69. The Morgan fingerprint density at radius 2 is 1.96 bits per heavy atom. The van der Waals surface area contributed by atoms with Crippen molar-refractivity contribution in [3.8, 4) is 11.5 Å². The lowest BCUT2D eigenvalue weighted by Crippen LogP contribution is -2.49. The highest BCUT2D eigenvalue weighted by Crippen LogP contribution is 2.38. The molecular weight excluding hydrogens is 332 g/mol. The minimum Gasteiger partial charge on any atom is -0.493 e. The van der Waals surface area contributed by atoms with Gasteiger partial charge in [-0.3, -0.25) is 0 Å². The molecule has 0 saturated carbocycles. The number of rotatable bonds is 5. The number of carbonyl (C=O) groups excluding carboxylic acids is 1. The molecule has 1 N–H and O–H groups in total. The minimum absolute atomic E-state index is 0.213. The van der Waals surface area contributed by atoms with Crippen molar-refractivity contribution in [2.75, 3.05) is 13.7 Å². The average Bonchev–Trinajstić information content (AvgIpc) is 2.62. The zero-order chi connectivity index (χ0) is 17.9. The van der Waals surface area contributed by atoms with Gasteiger partial charge in [-0.15, -0.1) is 0 Å². The molecule has 1 saturated heterocycles. The topological polar surface area (TPSA) is 56.8 Å². The number of ether oxygens (including phenoxy) is 3. The summed E-state index contributed by atoms with van der Waals surface area (Å²) < 4.78 is 43.5. The number of nitrogens with one attached hydrogen (secondary N) is 1. The quantitative estimate of drug-likeness (QED) is 0.894. The van der Waals surface area contributed by atoms with Gasteiger partial charge in [-0.1, -0.05) is 36.4 Å². The summed E-state index contributed by atoms with van der Waals surface area (Å²) in [6.45, 7) is -0.701. The Morgan fingerprint density at radius 1 is 1.20 bits per heavy atom. The van der Waals surface area contributed by atoms with Crippen LogP contribution in [-0.4, -0.2) is 25.7 Å². The van der Waals surface area contributed by atoms with Gasteiger partial charge in [0.15, 0.2) is 18.1 Å². The maximum Gasteiger partial charge on any atom is 0.408 e. The Balaban J connectivity index is 1.85. The predicted molar refractivity (Wildman–Crippen MR) is 85.9 cm³/mol. The molecule has 0 unspecified atom stereocenters. The van der Waals surface area contributed by atoms with Crippen LogP contribution in [0.25, 0.3) is 0 Å². The van der Waals surface area contributed by atoms with E-state index in [1.165, 1.54) is 25.3 Å². The number of cyclic esters (lactones) is 1. The first kappa shape index (κ1) is 17.0. The van der Waals surface area contributed by atoms with Crippen LogP contribution in [0, 0.1) is 0 Å². The highest BCUT2D eigenvalue weighted by molar-refractivity contribution is 5.69. The van der Waals surface area contributed by atoms with Crippen LogP contribution in [0.3, 0.4) is 0 Å². The van der Waals surface area contributed by atoms with Gasteiger partial charge in [-0.2, -0.15) is 0 Å². The van der Waals surface area contributed by atoms with Gasteiger partial charge >= 0.3 is 12.0 Å². The van der Waals surface area contributed by atoms with Crippen molar-refractivity contribution in [2.24, 2.45) is 0 Å². The fourth-order valence-corrected chi connectivity index (χ4v) is 2.56. The van der Waals surface area contributed by atoms with Gasteiger partial charge in [0.05, 0.1) is 7.11 Å². The van der Waals surface area contributed by atoms with Crippen LogP contribution in [0.5, 0.6) is 11.5 Å². The Morgan fingerprint density at radius 3 is 2.68 bits per heavy atom. The molecule has 5 nitrogen and oxygen atoms in total. The van der Waals surface area contributed by atoms with Gasteiger partial charge in [0.2, 0.25) is 0 Å². The van der Waals surface area contributed by atoms with Crippen molar-refractivity contribution in [1.82, 2.24) is 5.32 Å². The second-order valence-corrected chi connectivity index (χ2v) is 5.60. The summed E-state index contributed by atoms with van der Waals surface area (Å²) in [6.07, 6.45) is -0.876. The number of methoxy groups -OCH3 is 1. The van der Waals surface area contributed by atoms with Gasteiger partial charge in [0.25, 0.3) is 0 Å². The Bertz CT molecular complexity index is 752. The molecule has 0 aliphatic carbocycles. The highest BCUT2D eigenvalue weighted by Gasteiger charge is 2.47. The smallest absolute Gasteiger partial charge is 0.408 e. The number of hydrogen-bond acceptors (Lipinski definition) is 4. The third kappa shape index (κ3) is 3.81. The fourth-order valence-electron chi connectivity index (χ4n) is 2.56. The summed E-state index contributed by atoms with van der Waals surface area (Å²) in [6, 6.07) is 12.4. The van der Waals surface area contributed by atoms with E-state index in [1.54, 1.807) is 0 Å². The molecule has 1 aliphatic rings. The molecule has 0 bridgehead atoms. The van der Waals surface area contributed by atoms with E-state index in [-0.39, 0.29) is 12.2 Å². The molecule has 25 heavy (non-hydrogen) atoms. The lowest BCUT2D eigenvalue weighted by atomic mass is 9.99. The molecule has 1 amide bonds. The Hall–Kier alpha value is -2.83. The molecule has 3 rings (SSSR count). The number of carbonyl (C=O) groups is 1. The van der Waals surface area contributed by atoms with E-state index in [4.69, 9.17) is 9.47 Å². The molecule has 7 heteroatoms. The summed E-state index contributed by atoms with van der Waals surface area (Å²) >= 11 is 0. The van der Waals surface area contributed by atoms with Crippen LogP contribution >= 0.6 is 0 Å². The van der Waals surface area contributed by atoms with Crippen molar-refractivity contribution in [2.45, 2.75) is 18.6 Å². The first-order chi connectivity index (χ1) is 12.0. The van der Waals surface area contributed by atoms with Gasteiger partial charge in [-0.05, 0) is 23.3 Å². The van der Waals surface area contributed by atoms with Crippen molar-refractivity contribution in [3.05, 3.63) is 59.7 Å². The van der Waals surface area contributed by atoms with Crippen molar-refractivity contribution < 1.29 is 27.8 Å². The molecule has 0 spiro atoms. The zero-order valence-corrected chi connectivity index (χ0v) is 13.5. The number of hydrogen-bond donors (Lipinski definition) is 1. The SMILES string of the molecule is COc1ccc([C@@H]2NC(=O)OCC2(F)F)cc1OCc1ccccc1. The summed E-state index contributed by atoms with van der Waals surface area (Å²) in [5.74, 6) is -2.49. The third-order valence-electron chi connectivity index (χ3n) is 3.84. The van der Waals surface area contributed by atoms with Gasteiger partial charge in [-0.25, -0.2) is 13.6 Å². The van der Waals surface area contributed by atoms with E-state index in [9.17, 15) is 13.6 Å². The van der Waals surface area contributed by atoms with E-state index in [0.29, 0.717) is 11.5 Å². The minimum atomic E-state index is -3.22. The number of amides is 1. The van der Waals surface area contributed by atoms with Gasteiger partial charge in [0.1, 0.15) is 12.6 Å². The summed E-state index contributed by atoms with van der Waals surface area (Å²) in [4.78, 5) is 11.3. The lowest BCUT2D eigenvalue weighted by Gasteiger charge is -2.32. The lowest BCUT2D eigenvalue weighted by molar-refractivity contribution is -0.104. The van der Waals surface area contributed by atoms with Crippen LogP contribution < -0.4 is 14.8 Å². The molecule has 2 aromatic rings. The van der Waals surface area contributed by atoms with Gasteiger partial charge in [0, 0.05) is 0 Å². The first-order valence-electron chi connectivity index (χ1n) is 7.65. The summed E-state index contributed by atoms with van der Waals surface area (Å²) in [7, 11) is 1.47. The largest absolute Gasteiger partial charge is 0.493 e. The van der Waals surface area contributed by atoms with Crippen molar-refractivity contribution in [3.63, 3.8) is 0 Å². The van der Waals surface area contributed by atoms with E-state index in [1.807, 2.05) is 30.3 Å². The summed E-state index contributed by atoms with van der Waals surface area (Å²) in [5.41, 5.74) is 1.14. The average molecular weight is 349 g/mol. The molecule has 1 aliphatic heterocycles. The number of benzene rings is 2. The van der Waals surface area contributed by atoms with E-state index < -0.39 is 24.7 Å². The van der Waals surface area contributed by atoms with E-state index in [0.717, 1.165) is 5.56 Å². The molecular formula is C18H17F2NO4. The standard InChI is InChI=1S/C18H17F2NO4/c1-23-14-8-7-13(16-18(19,20)11-25-17(22)21-16)9-15(14)24-10-12-5-3-2-4-6-12/h2-9,16H,10-11H2,1H3,(H,21,22)/t16-/m0/s1. The zero-order valence-electron chi connectivity index (χ0n) is 13.5. The normalized spacial score (nSPS) is 18.8. The second kappa shape index (κ2) is 6.96. The van der Waals surface area contributed by atoms with E-state index >= 15 is 0 Å². The first-order valence-corrected chi connectivity index (χ1v) is 7.65. The number of halogens is 2. The van der Waals surface area contributed by atoms with Crippen molar-refractivity contribution in [1.29, 1.82) is 0 Å². The molecule has 2 aromatic carbocycles. The van der Waals surface area contributed by atoms with Crippen LogP contribution in [0.2, 0.25) is 0 Å². The third-order valence-corrected chi connectivity index (χ3v) is 3.84. The fraction of sp³-hybridized carbons (Fsp3) is 0.278. The van der Waals surface area contributed by atoms with Crippen LogP contribution in [0.4, 0.5) is 13.6 Å². The molecule has 0 aromatic heterocycles. The second-order valence-electron chi connectivity index (χ2n) is 5.60.